The maximum Gasteiger partial charge on any atom is 0.409 e. The third-order valence-electron chi connectivity index (χ3n) is 3.83. The zero-order chi connectivity index (χ0) is 15.9. The van der Waals surface area contributed by atoms with Gasteiger partial charge in [0.05, 0.1) is 20.3 Å². The van der Waals surface area contributed by atoms with Gasteiger partial charge in [-0.25, -0.2) is 9.59 Å². The summed E-state index contributed by atoms with van der Waals surface area (Å²) in [5, 5.41) is 2.64. The number of ether oxygens (including phenoxy) is 3. The van der Waals surface area contributed by atoms with Gasteiger partial charge in [0.2, 0.25) is 0 Å². The highest BCUT2D eigenvalue weighted by molar-refractivity contribution is 5.85. The minimum absolute atomic E-state index is 0.130. The van der Waals surface area contributed by atoms with E-state index in [1.807, 2.05) is 4.90 Å². The van der Waals surface area contributed by atoms with Gasteiger partial charge in [-0.1, -0.05) is 0 Å². The molecule has 0 aromatic carbocycles. The average Bonchev–Trinajstić information content (AvgIpc) is 2.20. The zero-order valence-corrected chi connectivity index (χ0v) is 13.3. The molecule has 1 unspecified atom stereocenters. The minimum atomic E-state index is -1.22. The number of hydrogen-bond donors (Lipinski definition) is 1. The smallest absolute Gasteiger partial charge is 0.409 e. The van der Waals surface area contributed by atoms with Gasteiger partial charge in [-0.2, -0.15) is 0 Å². The molecule has 1 N–H and O–H groups in total. The number of carbonyl (C=O) groups is 2. The Bertz CT molecular complexity index is 433. The van der Waals surface area contributed by atoms with E-state index in [9.17, 15) is 9.59 Å². The lowest BCUT2D eigenvalue weighted by atomic mass is 9.76. The van der Waals surface area contributed by atoms with Crippen molar-refractivity contribution in [2.75, 3.05) is 33.4 Å². The van der Waals surface area contributed by atoms with Gasteiger partial charge in [0.1, 0.15) is 5.60 Å². The lowest BCUT2D eigenvalue weighted by molar-refractivity contribution is -0.220. The van der Waals surface area contributed by atoms with Crippen LogP contribution in [0.15, 0.2) is 0 Å². The molecule has 2 heterocycles. The standard InChI is InChI=1S/C14H24N2O5/c1-12(2,3)21-11(18)15-13(4,10(17)19-5)16-6-14(7-16)8-20-9-14/h6-9H2,1-5H3,(H,15,18). The van der Waals surface area contributed by atoms with Gasteiger partial charge in [0.25, 0.3) is 0 Å². The molecule has 7 heteroatoms. The van der Waals surface area contributed by atoms with Crippen LogP contribution in [0.3, 0.4) is 0 Å². The third kappa shape index (κ3) is 3.13. The summed E-state index contributed by atoms with van der Waals surface area (Å²) in [5.74, 6) is -0.511. The number of rotatable bonds is 3. The van der Waals surface area contributed by atoms with E-state index in [-0.39, 0.29) is 5.41 Å². The minimum Gasteiger partial charge on any atom is -0.466 e. The fraction of sp³-hybridized carbons (Fsp3) is 0.857. The van der Waals surface area contributed by atoms with Crippen LogP contribution in [0.1, 0.15) is 27.7 Å². The van der Waals surface area contributed by atoms with Crippen molar-refractivity contribution in [3.63, 3.8) is 0 Å². The molecule has 0 radical (unpaired) electrons. The highest BCUT2D eigenvalue weighted by Gasteiger charge is 2.57. The highest BCUT2D eigenvalue weighted by atomic mass is 16.6. The third-order valence-corrected chi connectivity index (χ3v) is 3.83. The van der Waals surface area contributed by atoms with E-state index in [1.165, 1.54) is 7.11 Å². The molecule has 1 atom stereocenters. The van der Waals surface area contributed by atoms with Crippen LogP contribution in [0.25, 0.3) is 0 Å². The monoisotopic (exact) mass is 300 g/mol. The van der Waals surface area contributed by atoms with Crippen molar-refractivity contribution >= 4 is 12.1 Å². The molecule has 2 aliphatic rings. The van der Waals surface area contributed by atoms with Gasteiger partial charge in [-0.05, 0) is 27.7 Å². The SMILES string of the molecule is COC(=O)C(C)(NC(=O)OC(C)(C)C)N1CC2(COC2)C1. The second-order valence-electron chi connectivity index (χ2n) is 7.04. The summed E-state index contributed by atoms with van der Waals surface area (Å²) < 4.78 is 15.3. The predicted molar refractivity (Wildman–Crippen MR) is 74.6 cm³/mol. The first-order chi connectivity index (χ1) is 9.60. The highest BCUT2D eigenvalue weighted by Crippen LogP contribution is 2.41. The van der Waals surface area contributed by atoms with E-state index >= 15 is 0 Å². The zero-order valence-electron chi connectivity index (χ0n) is 13.3. The second-order valence-corrected chi connectivity index (χ2v) is 7.04. The molecular weight excluding hydrogens is 276 g/mol. The number of hydrogen-bond acceptors (Lipinski definition) is 6. The molecule has 0 aromatic rings. The Morgan fingerprint density at radius 2 is 1.76 bits per heavy atom. The molecule has 0 aromatic heterocycles. The topological polar surface area (TPSA) is 77.1 Å². The van der Waals surface area contributed by atoms with E-state index < -0.39 is 23.3 Å². The Hall–Kier alpha value is -1.34. The summed E-state index contributed by atoms with van der Waals surface area (Å²) in [4.78, 5) is 26.0. The van der Waals surface area contributed by atoms with Crippen LogP contribution < -0.4 is 5.32 Å². The number of carbonyl (C=O) groups excluding carboxylic acids is 2. The van der Waals surface area contributed by atoms with Crippen LogP contribution >= 0.6 is 0 Å². The summed E-state index contributed by atoms with van der Waals surface area (Å²) in [6.07, 6.45) is -0.638. The van der Waals surface area contributed by atoms with Gasteiger partial charge >= 0.3 is 12.1 Å². The summed E-state index contributed by atoms with van der Waals surface area (Å²) in [6, 6.07) is 0. The van der Waals surface area contributed by atoms with Gasteiger partial charge in [-0.15, -0.1) is 0 Å². The first kappa shape index (κ1) is 16.0. The van der Waals surface area contributed by atoms with Crippen LogP contribution in [0.5, 0.6) is 0 Å². The first-order valence-electron chi connectivity index (χ1n) is 7.03. The van der Waals surface area contributed by atoms with E-state index in [0.717, 1.165) is 0 Å². The van der Waals surface area contributed by atoms with Crippen molar-refractivity contribution in [1.82, 2.24) is 10.2 Å². The van der Waals surface area contributed by atoms with Gasteiger partial charge in [-0.3, -0.25) is 10.2 Å². The largest absolute Gasteiger partial charge is 0.466 e. The van der Waals surface area contributed by atoms with E-state index in [4.69, 9.17) is 14.2 Å². The summed E-state index contributed by atoms with van der Waals surface area (Å²) in [6.45, 7) is 9.73. The van der Waals surface area contributed by atoms with Crippen molar-refractivity contribution in [3.05, 3.63) is 0 Å². The summed E-state index contributed by atoms with van der Waals surface area (Å²) >= 11 is 0. The molecule has 0 saturated carbocycles. The fourth-order valence-electron chi connectivity index (χ4n) is 2.61. The number of alkyl carbamates (subject to hydrolysis) is 1. The number of amides is 1. The van der Waals surface area contributed by atoms with Crippen LogP contribution in [0.4, 0.5) is 4.79 Å². The van der Waals surface area contributed by atoms with Crippen LogP contribution in [-0.4, -0.2) is 61.6 Å². The summed E-state index contributed by atoms with van der Waals surface area (Å²) in [5.41, 5.74) is -1.72. The molecule has 0 aliphatic carbocycles. The molecule has 2 rings (SSSR count). The normalized spacial score (nSPS) is 23.5. The van der Waals surface area contributed by atoms with Crippen molar-refractivity contribution in [2.45, 2.75) is 39.0 Å². The molecule has 0 bridgehead atoms. The maximum atomic E-state index is 12.1. The van der Waals surface area contributed by atoms with E-state index in [1.54, 1.807) is 27.7 Å². The molecule has 2 fully saturated rings. The molecule has 1 amide bonds. The fourth-order valence-corrected chi connectivity index (χ4v) is 2.61. The van der Waals surface area contributed by atoms with E-state index in [2.05, 4.69) is 5.32 Å². The van der Waals surface area contributed by atoms with Crippen molar-refractivity contribution in [1.29, 1.82) is 0 Å². The molecule has 2 saturated heterocycles. The molecular formula is C14H24N2O5. The van der Waals surface area contributed by atoms with Crippen molar-refractivity contribution in [2.24, 2.45) is 5.41 Å². The number of nitrogens with one attached hydrogen (secondary N) is 1. The molecule has 21 heavy (non-hydrogen) atoms. The Balaban J connectivity index is 2.03. The second kappa shape index (κ2) is 5.14. The number of methoxy groups -OCH3 is 1. The first-order valence-corrected chi connectivity index (χ1v) is 7.03. The van der Waals surface area contributed by atoms with Crippen LogP contribution in [0.2, 0.25) is 0 Å². The number of esters is 1. The van der Waals surface area contributed by atoms with E-state index in [0.29, 0.717) is 26.3 Å². The Kier molecular flexibility index (Phi) is 3.92. The maximum absolute atomic E-state index is 12.1. The van der Waals surface area contributed by atoms with Crippen molar-refractivity contribution in [3.8, 4) is 0 Å². The molecule has 2 aliphatic heterocycles. The van der Waals surface area contributed by atoms with Crippen molar-refractivity contribution < 1.29 is 23.8 Å². The van der Waals surface area contributed by atoms with Gasteiger partial charge < -0.3 is 14.2 Å². The van der Waals surface area contributed by atoms with Gasteiger partial charge in [0.15, 0.2) is 5.66 Å². The van der Waals surface area contributed by atoms with Crippen LogP contribution in [-0.2, 0) is 19.0 Å². The van der Waals surface area contributed by atoms with Crippen LogP contribution in [0, 0.1) is 5.41 Å². The Labute approximate surface area is 124 Å². The predicted octanol–water partition coefficient (Wildman–Crippen LogP) is 0.732. The number of likely N-dealkylation sites (tertiary alicyclic amines) is 1. The molecule has 7 nitrogen and oxygen atoms in total. The number of nitrogens with zero attached hydrogens (tertiary/aromatic N) is 1. The average molecular weight is 300 g/mol. The lowest BCUT2D eigenvalue weighted by Gasteiger charge is -2.59. The lowest BCUT2D eigenvalue weighted by Crippen LogP contribution is -2.76. The Morgan fingerprint density at radius 1 is 1.19 bits per heavy atom. The summed E-state index contributed by atoms with van der Waals surface area (Å²) in [7, 11) is 1.30. The Morgan fingerprint density at radius 3 is 2.14 bits per heavy atom. The quantitative estimate of drug-likeness (QED) is 0.774. The molecule has 120 valence electrons. The molecule has 1 spiro atoms. The van der Waals surface area contributed by atoms with Gasteiger partial charge in [0, 0.05) is 18.5 Å².